The molecule has 0 aliphatic heterocycles. The topological polar surface area (TPSA) is 20.2 Å². The van der Waals surface area contributed by atoms with Crippen molar-refractivity contribution in [3.8, 4) is 0 Å². The lowest BCUT2D eigenvalue weighted by Crippen LogP contribution is -1.98. The molecule has 1 atom stereocenters. The molecule has 1 nitrogen and oxygen atoms in total. The lowest BCUT2D eigenvalue weighted by molar-refractivity contribution is 0.185. The smallest absolute Gasteiger partial charge is 0.0515 e. The molecule has 1 unspecified atom stereocenters. The van der Waals surface area contributed by atoms with Crippen molar-refractivity contribution in [3.63, 3.8) is 0 Å². The van der Waals surface area contributed by atoms with Crippen LogP contribution in [0.5, 0.6) is 0 Å². The Morgan fingerprint density at radius 2 is 2.20 bits per heavy atom. The molecule has 0 bridgehead atoms. The molecule has 0 radical (unpaired) electrons. The number of hydrogen-bond donors (Lipinski definition) is 1. The number of aliphatic hydroxyl groups excluding tert-OH is 1. The molecule has 0 spiro atoms. The van der Waals surface area contributed by atoms with Gasteiger partial charge in [-0.3, -0.25) is 0 Å². The Hall–Kier alpha value is -0.300. The van der Waals surface area contributed by atoms with Gasteiger partial charge in [0.15, 0.2) is 0 Å². The predicted molar refractivity (Wildman–Crippen MR) is 45.0 cm³/mol. The molecule has 0 rings (SSSR count). The van der Waals surface area contributed by atoms with Crippen LogP contribution in [0, 0.1) is 0 Å². The first-order chi connectivity index (χ1) is 4.66. The van der Waals surface area contributed by atoms with E-state index in [9.17, 15) is 0 Å². The highest BCUT2D eigenvalue weighted by atomic mass is 16.3. The Kier molecular flexibility index (Phi) is 5.32. The summed E-state index contributed by atoms with van der Waals surface area (Å²) in [4.78, 5) is 0. The fraction of sp³-hybridized carbons (Fsp3) is 0.778. The van der Waals surface area contributed by atoms with Crippen LogP contribution in [0.15, 0.2) is 11.6 Å². The molecule has 0 heterocycles. The van der Waals surface area contributed by atoms with Crippen LogP contribution in [0.4, 0.5) is 0 Å². The van der Waals surface area contributed by atoms with Gasteiger partial charge in [0.1, 0.15) is 0 Å². The summed E-state index contributed by atoms with van der Waals surface area (Å²) in [6.45, 7) is 6.08. The van der Waals surface area contributed by atoms with Crippen LogP contribution in [0.3, 0.4) is 0 Å². The van der Waals surface area contributed by atoms with E-state index in [0.717, 1.165) is 19.3 Å². The third kappa shape index (κ3) is 5.83. The Morgan fingerprint density at radius 3 is 2.60 bits per heavy atom. The minimum absolute atomic E-state index is 0.153. The van der Waals surface area contributed by atoms with Crippen LogP contribution < -0.4 is 0 Å². The van der Waals surface area contributed by atoms with Gasteiger partial charge in [-0.15, -0.1) is 0 Å². The van der Waals surface area contributed by atoms with Gasteiger partial charge in [-0.25, -0.2) is 0 Å². The molecule has 0 saturated heterocycles. The van der Waals surface area contributed by atoms with E-state index in [-0.39, 0.29) is 6.10 Å². The van der Waals surface area contributed by atoms with Crippen molar-refractivity contribution in [2.45, 2.75) is 46.1 Å². The summed E-state index contributed by atoms with van der Waals surface area (Å²) in [6.07, 6.45) is 5.09. The van der Waals surface area contributed by atoms with E-state index < -0.39 is 0 Å². The quantitative estimate of drug-likeness (QED) is 0.598. The molecule has 0 aromatic carbocycles. The number of allylic oxidation sites excluding steroid dienone is 2. The molecule has 0 fully saturated rings. The van der Waals surface area contributed by atoms with Crippen molar-refractivity contribution < 1.29 is 5.11 Å². The number of aliphatic hydroxyl groups is 1. The monoisotopic (exact) mass is 142 g/mol. The van der Waals surface area contributed by atoms with Crippen molar-refractivity contribution in [1.29, 1.82) is 0 Å². The summed E-state index contributed by atoms with van der Waals surface area (Å²) < 4.78 is 0. The standard InChI is InChI=1S/C9H18O/c1-4-5-8(2)6-7-9(3)10/h5,9-10H,4,6-7H2,1-3H3/b8-5+. The van der Waals surface area contributed by atoms with Crippen molar-refractivity contribution in [2.75, 3.05) is 0 Å². The van der Waals surface area contributed by atoms with Gasteiger partial charge in [0.2, 0.25) is 0 Å². The second kappa shape index (κ2) is 5.48. The molecule has 10 heavy (non-hydrogen) atoms. The summed E-state index contributed by atoms with van der Waals surface area (Å²) in [5.74, 6) is 0. The molecular weight excluding hydrogens is 124 g/mol. The van der Waals surface area contributed by atoms with Crippen molar-refractivity contribution >= 4 is 0 Å². The van der Waals surface area contributed by atoms with Crippen LogP contribution in [0.2, 0.25) is 0 Å². The minimum Gasteiger partial charge on any atom is -0.393 e. The van der Waals surface area contributed by atoms with Gasteiger partial charge >= 0.3 is 0 Å². The second-order valence-corrected chi connectivity index (χ2v) is 2.85. The number of hydrogen-bond acceptors (Lipinski definition) is 1. The third-order valence-electron chi connectivity index (χ3n) is 1.51. The molecular formula is C9H18O. The first-order valence-corrected chi connectivity index (χ1v) is 4.00. The van der Waals surface area contributed by atoms with Crippen LogP contribution in [-0.2, 0) is 0 Å². The van der Waals surface area contributed by atoms with Gasteiger partial charge in [0.05, 0.1) is 6.10 Å². The van der Waals surface area contributed by atoms with Crippen molar-refractivity contribution in [1.82, 2.24) is 0 Å². The highest BCUT2D eigenvalue weighted by Gasteiger charge is 1.94. The zero-order valence-corrected chi connectivity index (χ0v) is 7.22. The Labute approximate surface area is 63.8 Å². The summed E-state index contributed by atoms with van der Waals surface area (Å²) in [7, 11) is 0. The van der Waals surface area contributed by atoms with Crippen LogP contribution >= 0.6 is 0 Å². The average molecular weight is 142 g/mol. The van der Waals surface area contributed by atoms with Gasteiger partial charge in [-0.1, -0.05) is 18.6 Å². The second-order valence-electron chi connectivity index (χ2n) is 2.85. The van der Waals surface area contributed by atoms with E-state index in [1.165, 1.54) is 5.57 Å². The Morgan fingerprint density at radius 1 is 1.60 bits per heavy atom. The molecule has 0 aliphatic rings. The van der Waals surface area contributed by atoms with Crippen LogP contribution in [-0.4, -0.2) is 11.2 Å². The predicted octanol–water partition coefficient (Wildman–Crippen LogP) is 2.50. The van der Waals surface area contributed by atoms with Crippen LogP contribution in [0.1, 0.15) is 40.0 Å². The molecule has 1 heteroatoms. The first-order valence-electron chi connectivity index (χ1n) is 4.00. The van der Waals surface area contributed by atoms with Crippen molar-refractivity contribution in [3.05, 3.63) is 11.6 Å². The molecule has 0 amide bonds. The van der Waals surface area contributed by atoms with E-state index in [2.05, 4.69) is 19.9 Å². The maximum atomic E-state index is 8.94. The largest absolute Gasteiger partial charge is 0.393 e. The van der Waals surface area contributed by atoms with E-state index >= 15 is 0 Å². The molecule has 60 valence electrons. The summed E-state index contributed by atoms with van der Waals surface area (Å²) >= 11 is 0. The van der Waals surface area contributed by atoms with Crippen molar-refractivity contribution in [2.24, 2.45) is 0 Å². The average Bonchev–Trinajstić information content (AvgIpc) is 1.85. The molecule has 0 saturated carbocycles. The van der Waals surface area contributed by atoms with Gasteiger partial charge in [-0.2, -0.15) is 0 Å². The zero-order chi connectivity index (χ0) is 7.98. The fourth-order valence-corrected chi connectivity index (χ4v) is 0.887. The highest BCUT2D eigenvalue weighted by Crippen LogP contribution is 2.06. The van der Waals surface area contributed by atoms with Gasteiger partial charge in [-0.05, 0) is 33.1 Å². The van der Waals surface area contributed by atoms with E-state index in [0.29, 0.717) is 0 Å². The van der Waals surface area contributed by atoms with Gasteiger partial charge in [0.25, 0.3) is 0 Å². The highest BCUT2D eigenvalue weighted by molar-refractivity contribution is 4.97. The molecule has 1 N–H and O–H groups in total. The molecule has 0 aromatic heterocycles. The number of rotatable bonds is 4. The summed E-state index contributed by atoms with van der Waals surface area (Å²) in [5.41, 5.74) is 1.39. The Balaban J connectivity index is 3.39. The molecule has 0 aromatic rings. The van der Waals surface area contributed by atoms with Gasteiger partial charge in [0, 0.05) is 0 Å². The fourth-order valence-electron chi connectivity index (χ4n) is 0.887. The maximum Gasteiger partial charge on any atom is 0.0515 e. The first kappa shape index (κ1) is 9.70. The zero-order valence-electron chi connectivity index (χ0n) is 7.22. The van der Waals surface area contributed by atoms with E-state index in [1.807, 2.05) is 6.92 Å². The summed E-state index contributed by atoms with van der Waals surface area (Å²) in [6, 6.07) is 0. The lowest BCUT2D eigenvalue weighted by Gasteiger charge is -2.02. The molecule has 0 aliphatic carbocycles. The summed E-state index contributed by atoms with van der Waals surface area (Å²) in [5, 5.41) is 8.94. The normalized spacial score (nSPS) is 15.4. The third-order valence-corrected chi connectivity index (χ3v) is 1.51. The maximum absolute atomic E-state index is 8.94. The minimum atomic E-state index is -0.153. The lowest BCUT2D eigenvalue weighted by atomic mass is 10.1. The Bertz CT molecular complexity index is 103. The van der Waals surface area contributed by atoms with Gasteiger partial charge < -0.3 is 5.11 Å². The van der Waals surface area contributed by atoms with E-state index in [1.54, 1.807) is 0 Å². The van der Waals surface area contributed by atoms with E-state index in [4.69, 9.17) is 5.11 Å². The SMILES string of the molecule is CC/C=C(\C)CCC(C)O. The van der Waals surface area contributed by atoms with Crippen LogP contribution in [0.25, 0.3) is 0 Å².